The number of hydrogen-bond acceptors (Lipinski definition) is 4. The fourth-order valence-electron chi connectivity index (χ4n) is 10.4. The molecule has 1 aromatic rings. The minimum absolute atomic E-state index is 0.148. The van der Waals surface area contributed by atoms with E-state index in [1.165, 1.54) is 56.1 Å². The van der Waals surface area contributed by atoms with E-state index in [1.807, 2.05) is 0 Å². The van der Waals surface area contributed by atoms with Crippen LogP contribution in [0.3, 0.4) is 0 Å². The summed E-state index contributed by atoms with van der Waals surface area (Å²) in [4.78, 5) is 13.2. The molecule has 1 aromatic carbocycles. The molecule has 220 valence electrons. The molecule has 0 radical (unpaired) electrons. The lowest BCUT2D eigenvalue weighted by Crippen LogP contribution is -2.55. The third kappa shape index (κ3) is 4.92. The molecule has 0 bridgehead atoms. The second-order valence-corrected chi connectivity index (χ2v) is 15.3. The van der Waals surface area contributed by atoms with Crippen molar-refractivity contribution in [2.75, 3.05) is 11.5 Å². The number of benzene rings is 1. The molecule has 0 amide bonds. The first-order valence-corrected chi connectivity index (χ1v) is 16.0. The fraction of sp³-hybridized carbons (Fsp3) is 0.694. The van der Waals surface area contributed by atoms with Crippen LogP contribution in [0.1, 0.15) is 117 Å². The highest BCUT2D eigenvalue weighted by molar-refractivity contribution is 5.92. The lowest BCUT2D eigenvalue weighted by Gasteiger charge is -2.61. The Kier molecular flexibility index (Phi) is 7.72. The molecule has 4 heteroatoms. The summed E-state index contributed by atoms with van der Waals surface area (Å²) < 4.78 is 6.21. The smallest absolute Gasteiger partial charge is 0.338 e. The van der Waals surface area contributed by atoms with Crippen molar-refractivity contribution in [1.29, 1.82) is 0 Å². The maximum atomic E-state index is 13.2. The van der Waals surface area contributed by atoms with Crippen molar-refractivity contribution in [1.82, 2.24) is 0 Å². The first-order valence-electron chi connectivity index (χ1n) is 16.0. The molecular weight excluding hydrogens is 492 g/mol. The monoisotopic (exact) mass is 546 g/mol. The Morgan fingerprint density at radius 1 is 1.00 bits per heavy atom. The van der Waals surface area contributed by atoms with Gasteiger partial charge in [-0.1, -0.05) is 57.9 Å². The van der Waals surface area contributed by atoms with Crippen molar-refractivity contribution in [3.8, 4) is 0 Å². The van der Waals surface area contributed by atoms with Gasteiger partial charge >= 0.3 is 5.97 Å². The van der Waals surface area contributed by atoms with Crippen LogP contribution in [0.15, 0.2) is 41.5 Å². The van der Waals surface area contributed by atoms with E-state index >= 15 is 0 Å². The molecule has 4 aliphatic carbocycles. The highest BCUT2D eigenvalue weighted by Crippen LogP contribution is 2.69. The lowest BCUT2D eigenvalue weighted by molar-refractivity contribution is -0.0826. The standard InChI is InChI=1S/C36H54N2O2/c1-22(2)9-8-10-23(3)28-12-13-29-27-11-14-31-34(4,5)32(40-33(39)24-19-25(37)21-26(38)20-24)16-18-36(31,7)30(27)15-17-35(28,29)6/h9,14,19-21,23,27-30,32H,8,10-13,15-18,37-38H2,1-7H3. The minimum Gasteiger partial charge on any atom is -0.458 e. The van der Waals surface area contributed by atoms with Gasteiger partial charge in [-0.3, -0.25) is 0 Å². The number of fused-ring (bicyclic) bond motifs is 5. The third-order valence-corrected chi connectivity index (χ3v) is 12.3. The Labute approximate surface area is 243 Å². The van der Waals surface area contributed by atoms with Gasteiger partial charge in [0.1, 0.15) is 6.10 Å². The van der Waals surface area contributed by atoms with Gasteiger partial charge in [-0.05, 0) is 130 Å². The summed E-state index contributed by atoms with van der Waals surface area (Å²) in [6.07, 6.45) is 16.1. The topological polar surface area (TPSA) is 78.3 Å². The predicted molar refractivity (Wildman–Crippen MR) is 167 cm³/mol. The summed E-state index contributed by atoms with van der Waals surface area (Å²) in [6, 6.07) is 5.00. The molecule has 4 N–H and O–H groups in total. The molecule has 8 unspecified atom stereocenters. The second-order valence-electron chi connectivity index (χ2n) is 15.3. The number of ether oxygens (including phenoxy) is 1. The van der Waals surface area contributed by atoms with Gasteiger partial charge in [0, 0.05) is 16.8 Å². The molecule has 40 heavy (non-hydrogen) atoms. The van der Waals surface area contributed by atoms with Gasteiger partial charge < -0.3 is 16.2 Å². The number of esters is 1. The molecule has 3 saturated carbocycles. The van der Waals surface area contributed by atoms with Crippen LogP contribution in [-0.2, 0) is 4.74 Å². The molecule has 0 aromatic heterocycles. The second kappa shape index (κ2) is 10.6. The van der Waals surface area contributed by atoms with Gasteiger partial charge in [0.25, 0.3) is 0 Å². The first kappa shape index (κ1) is 29.3. The molecule has 8 atom stereocenters. The Hall–Kier alpha value is -2.23. The van der Waals surface area contributed by atoms with E-state index in [-0.39, 0.29) is 22.9 Å². The van der Waals surface area contributed by atoms with Crippen LogP contribution in [0.5, 0.6) is 0 Å². The maximum Gasteiger partial charge on any atom is 0.338 e. The minimum atomic E-state index is -0.320. The molecule has 3 fully saturated rings. The summed E-state index contributed by atoms with van der Waals surface area (Å²) in [5.74, 6) is 3.69. The van der Waals surface area contributed by atoms with Crippen LogP contribution < -0.4 is 11.5 Å². The molecular formula is C36H54N2O2. The number of anilines is 2. The Morgan fingerprint density at radius 2 is 1.70 bits per heavy atom. The summed E-state index contributed by atoms with van der Waals surface area (Å²) in [6.45, 7) is 16.8. The van der Waals surface area contributed by atoms with Crippen molar-refractivity contribution in [2.45, 2.75) is 112 Å². The van der Waals surface area contributed by atoms with Gasteiger partial charge in [-0.2, -0.15) is 0 Å². The molecule has 0 saturated heterocycles. The van der Waals surface area contributed by atoms with E-state index in [1.54, 1.807) is 18.2 Å². The van der Waals surface area contributed by atoms with Crippen LogP contribution in [0.2, 0.25) is 0 Å². The van der Waals surface area contributed by atoms with Crippen molar-refractivity contribution in [3.63, 3.8) is 0 Å². The van der Waals surface area contributed by atoms with Gasteiger partial charge in [-0.25, -0.2) is 4.79 Å². The molecule has 0 aliphatic heterocycles. The largest absolute Gasteiger partial charge is 0.458 e. The molecule has 0 heterocycles. The SMILES string of the molecule is CC(C)=CCCC(C)C1CCC2C3CC=C4C(C)(C)C(OC(=O)c5cc(N)cc(N)c5)CCC4(C)C3CCC12C. The van der Waals surface area contributed by atoms with Crippen LogP contribution >= 0.6 is 0 Å². The van der Waals surface area contributed by atoms with Gasteiger partial charge in [0.15, 0.2) is 0 Å². The number of nitrogens with two attached hydrogens (primary N) is 2. The van der Waals surface area contributed by atoms with E-state index in [4.69, 9.17) is 16.2 Å². The molecule has 4 nitrogen and oxygen atoms in total. The van der Waals surface area contributed by atoms with Gasteiger partial charge in [0.2, 0.25) is 0 Å². The predicted octanol–water partition coefficient (Wildman–Crippen LogP) is 8.97. The van der Waals surface area contributed by atoms with Crippen LogP contribution in [-0.4, -0.2) is 12.1 Å². The zero-order valence-electron chi connectivity index (χ0n) is 26.2. The van der Waals surface area contributed by atoms with Crippen molar-refractivity contribution >= 4 is 17.3 Å². The van der Waals surface area contributed by atoms with Gasteiger partial charge in [-0.15, -0.1) is 0 Å². The number of carbonyl (C=O) groups excluding carboxylic acids is 1. The normalized spacial score (nSPS) is 36.9. The summed E-state index contributed by atoms with van der Waals surface area (Å²) in [5, 5.41) is 0. The molecule has 4 aliphatic rings. The van der Waals surface area contributed by atoms with Gasteiger partial charge in [0.05, 0.1) is 5.56 Å². The zero-order chi connectivity index (χ0) is 29.0. The van der Waals surface area contributed by atoms with Crippen LogP contribution in [0, 0.1) is 45.8 Å². The summed E-state index contributed by atoms with van der Waals surface area (Å²) >= 11 is 0. The third-order valence-electron chi connectivity index (χ3n) is 12.3. The average molecular weight is 547 g/mol. The number of hydrogen-bond donors (Lipinski definition) is 2. The van der Waals surface area contributed by atoms with Crippen molar-refractivity contribution in [2.24, 2.45) is 45.8 Å². The first-order chi connectivity index (χ1) is 18.8. The van der Waals surface area contributed by atoms with Crippen molar-refractivity contribution in [3.05, 3.63) is 47.1 Å². The number of rotatable bonds is 6. The number of carbonyl (C=O) groups is 1. The molecule has 0 spiro atoms. The number of allylic oxidation sites excluding steroid dienone is 3. The quantitative estimate of drug-likeness (QED) is 0.212. The zero-order valence-corrected chi connectivity index (χ0v) is 26.2. The molecule has 5 rings (SSSR count). The Morgan fingerprint density at radius 3 is 2.38 bits per heavy atom. The highest BCUT2D eigenvalue weighted by Gasteiger charge is 2.61. The van der Waals surface area contributed by atoms with Crippen molar-refractivity contribution < 1.29 is 9.53 Å². The van der Waals surface area contributed by atoms with E-state index in [9.17, 15) is 4.79 Å². The van der Waals surface area contributed by atoms with E-state index < -0.39 is 0 Å². The summed E-state index contributed by atoms with van der Waals surface area (Å²) in [7, 11) is 0. The Balaban J connectivity index is 1.33. The van der Waals surface area contributed by atoms with E-state index in [2.05, 4.69) is 60.6 Å². The van der Waals surface area contributed by atoms with E-state index in [0.717, 1.165) is 42.4 Å². The summed E-state index contributed by atoms with van der Waals surface area (Å²) in [5.41, 5.74) is 16.8. The van der Waals surface area contributed by atoms with Crippen LogP contribution in [0.25, 0.3) is 0 Å². The maximum absolute atomic E-state index is 13.2. The highest BCUT2D eigenvalue weighted by atomic mass is 16.5. The average Bonchev–Trinajstić information content (AvgIpc) is 3.22. The number of nitrogen functional groups attached to an aromatic ring is 2. The van der Waals surface area contributed by atoms with Crippen LogP contribution in [0.4, 0.5) is 11.4 Å². The fourth-order valence-corrected chi connectivity index (χ4v) is 10.4. The lowest BCUT2D eigenvalue weighted by atomic mass is 9.44. The van der Waals surface area contributed by atoms with E-state index in [0.29, 0.717) is 22.4 Å². The Bertz CT molecular complexity index is 1170.